The number of nitrogens with zero attached hydrogens (tertiary/aromatic N) is 2. The number of anilines is 3. The molecule has 3 heterocycles. The second kappa shape index (κ2) is 9.66. The minimum absolute atomic E-state index is 0.0464. The van der Waals surface area contributed by atoms with Gasteiger partial charge in [0.1, 0.15) is 16.3 Å². The molecule has 196 valence electrons. The Morgan fingerprint density at radius 1 is 1.19 bits per heavy atom. The van der Waals surface area contributed by atoms with Crippen molar-refractivity contribution in [1.82, 2.24) is 9.46 Å². The number of phenolic OH excluding ortho intramolecular Hbond substituents is 1. The maximum Gasteiger partial charge on any atom is 0.371 e. The highest BCUT2D eigenvalue weighted by atomic mass is 32.2. The van der Waals surface area contributed by atoms with E-state index in [1.54, 1.807) is 6.26 Å². The zero-order chi connectivity index (χ0) is 26.3. The van der Waals surface area contributed by atoms with E-state index in [1.165, 1.54) is 22.5 Å². The summed E-state index contributed by atoms with van der Waals surface area (Å²) in [5.41, 5.74) is 0.772. The number of para-hydroxylation sites is 1. The topological polar surface area (TPSA) is 147 Å². The van der Waals surface area contributed by atoms with Gasteiger partial charge < -0.3 is 14.8 Å². The first kappa shape index (κ1) is 25.8. The quantitative estimate of drug-likeness (QED) is 0.313. The van der Waals surface area contributed by atoms with Crippen LogP contribution in [0.3, 0.4) is 0 Å². The molecule has 0 radical (unpaired) electrons. The molecule has 1 aromatic carbocycles. The van der Waals surface area contributed by atoms with Crippen molar-refractivity contribution in [2.45, 2.75) is 64.3 Å². The summed E-state index contributed by atoms with van der Waals surface area (Å²) in [6.07, 6.45) is 3.27. The molecule has 0 aliphatic carbocycles. The van der Waals surface area contributed by atoms with Crippen molar-refractivity contribution in [3.63, 3.8) is 0 Å². The van der Waals surface area contributed by atoms with Gasteiger partial charge in [-0.15, -0.1) is 4.63 Å². The van der Waals surface area contributed by atoms with E-state index in [9.17, 15) is 18.4 Å². The number of hydrogen-bond donors (Lipinski definition) is 4. The average Bonchev–Trinajstić information content (AvgIpc) is 3.55. The van der Waals surface area contributed by atoms with Gasteiger partial charge in [0, 0.05) is 13.1 Å². The number of furan rings is 1. The Bertz CT molecular complexity index is 1380. The van der Waals surface area contributed by atoms with Crippen LogP contribution in [0.2, 0.25) is 0 Å². The number of nitrogens with one attached hydrogen (secondary N) is 3. The average molecular weight is 521 g/mol. The third-order valence-electron chi connectivity index (χ3n) is 6.33. The molecule has 0 spiro atoms. The summed E-state index contributed by atoms with van der Waals surface area (Å²) in [6.45, 7) is 11.0. The van der Waals surface area contributed by atoms with E-state index in [-0.39, 0.29) is 44.2 Å². The van der Waals surface area contributed by atoms with Gasteiger partial charge in [-0.25, -0.2) is 8.42 Å². The van der Waals surface area contributed by atoms with Gasteiger partial charge in [-0.1, -0.05) is 45.8 Å². The van der Waals surface area contributed by atoms with E-state index in [1.807, 2.05) is 26.8 Å². The Kier molecular flexibility index (Phi) is 6.93. The van der Waals surface area contributed by atoms with Gasteiger partial charge in [0.2, 0.25) is 10.0 Å². The molecule has 2 aromatic heterocycles. The van der Waals surface area contributed by atoms with Gasteiger partial charge >= 0.3 is 5.82 Å². The van der Waals surface area contributed by atoms with Crippen LogP contribution in [0.15, 0.2) is 44.5 Å². The number of aromatic hydroxyl groups is 1. The molecule has 36 heavy (non-hydrogen) atoms. The third-order valence-corrected chi connectivity index (χ3v) is 8.26. The molecule has 0 saturated carbocycles. The molecule has 1 aliphatic rings. The maximum atomic E-state index is 13.0. The monoisotopic (exact) mass is 520 g/mol. The minimum atomic E-state index is -3.87. The highest BCUT2D eigenvalue weighted by Crippen LogP contribution is 2.40. The van der Waals surface area contributed by atoms with Gasteiger partial charge in [-0.05, 0) is 52.8 Å². The van der Waals surface area contributed by atoms with Crippen LogP contribution in [0.4, 0.5) is 17.3 Å². The first-order valence-electron chi connectivity index (χ1n) is 12.0. The molecule has 1 atom stereocenters. The molecule has 1 aliphatic heterocycles. The second-order valence-corrected chi connectivity index (χ2v) is 12.3. The largest absolute Gasteiger partial charge is 0.503 e. The van der Waals surface area contributed by atoms with Crippen molar-refractivity contribution in [3.05, 3.63) is 46.8 Å². The minimum Gasteiger partial charge on any atom is -0.503 e. The molecule has 0 bridgehead atoms. The molecular formula is C24H34N5O6S+. The van der Waals surface area contributed by atoms with Gasteiger partial charge in [0.05, 0.1) is 12.3 Å². The Morgan fingerprint density at radius 2 is 1.89 bits per heavy atom. The van der Waals surface area contributed by atoms with Crippen LogP contribution in [-0.4, -0.2) is 36.1 Å². The molecule has 4 N–H and O–H groups in total. The lowest BCUT2D eigenvalue weighted by Gasteiger charge is -2.29. The number of aromatic nitrogens is 2. The standard InChI is InChI=1S/C24H33N5O6S/c1-15(2)16-13-18(34-14-16)21(24(3,4)5)26-22-23(29(31)35-27-22)25-17-9-8-10-19(20(17)30)36(32,33)28-11-6-7-12-28/h8-10,13-15,21,25H,6-7,11-12H2,1-5H3,(H2-,26,27,30,31)/p+1/t21-/m0/s1. The van der Waals surface area contributed by atoms with E-state index in [2.05, 4.69) is 29.6 Å². The van der Waals surface area contributed by atoms with Crippen molar-refractivity contribution < 1.29 is 27.2 Å². The third kappa shape index (κ3) is 5.00. The van der Waals surface area contributed by atoms with Gasteiger partial charge in [-0.2, -0.15) is 4.31 Å². The summed E-state index contributed by atoms with van der Waals surface area (Å²) in [6, 6.07) is 5.96. The number of H-pyrrole nitrogens is 1. The van der Waals surface area contributed by atoms with Crippen LogP contribution in [0, 0.1) is 10.3 Å². The first-order valence-corrected chi connectivity index (χ1v) is 13.4. The van der Waals surface area contributed by atoms with Gasteiger partial charge in [0.25, 0.3) is 5.82 Å². The normalized spacial score (nSPS) is 15.9. The van der Waals surface area contributed by atoms with Crippen molar-refractivity contribution in [2.75, 3.05) is 23.7 Å². The van der Waals surface area contributed by atoms with Gasteiger partial charge in [0.15, 0.2) is 10.3 Å². The molecular weight excluding hydrogens is 486 g/mol. The SMILES string of the molecule is CC(C)c1coc([C@H](Nc2[nH]o[n+](=O)c2Nc2cccc(S(=O)(=O)N3CCCC3)c2O)C(C)(C)C)c1. The van der Waals surface area contributed by atoms with Crippen LogP contribution < -0.4 is 15.2 Å². The van der Waals surface area contributed by atoms with Crippen LogP contribution in [0.25, 0.3) is 0 Å². The van der Waals surface area contributed by atoms with E-state index >= 15 is 0 Å². The lowest BCUT2D eigenvalue weighted by Crippen LogP contribution is -2.28. The zero-order valence-corrected chi connectivity index (χ0v) is 22.0. The Labute approximate surface area is 210 Å². The van der Waals surface area contributed by atoms with Gasteiger partial charge in [-0.3, -0.25) is 5.32 Å². The molecule has 3 aromatic rings. The Hall–Kier alpha value is -3.25. The lowest BCUT2D eigenvalue weighted by atomic mass is 9.85. The van der Waals surface area contributed by atoms with E-state index in [0.717, 1.165) is 18.4 Å². The predicted octanol–water partition coefficient (Wildman–Crippen LogP) is 4.67. The summed E-state index contributed by atoms with van der Waals surface area (Å²) < 4.78 is 38.4. The molecule has 4 rings (SSSR count). The number of rotatable bonds is 8. The van der Waals surface area contributed by atoms with Crippen molar-refractivity contribution in [1.29, 1.82) is 0 Å². The van der Waals surface area contributed by atoms with Crippen LogP contribution in [-0.2, 0) is 10.0 Å². The van der Waals surface area contributed by atoms with E-state index in [0.29, 0.717) is 18.8 Å². The molecule has 1 saturated heterocycles. The zero-order valence-electron chi connectivity index (χ0n) is 21.2. The number of sulfonamides is 1. The number of aromatic amines is 1. The first-order chi connectivity index (χ1) is 16.9. The molecule has 1 fully saturated rings. The van der Waals surface area contributed by atoms with Crippen molar-refractivity contribution >= 4 is 27.3 Å². The molecule has 11 nitrogen and oxygen atoms in total. The fourth-order valence-corrected chi connectivity index (χ4v) is 5.81. The van der Waals surface area contributed by atoms with Crippen molar-refractivity contribution in [3.8, 4) is 5.75 Å². The molecule has 12 heteroatoms. The van der Waals surface area contributed by atoms with Crippen molar-refractivity contribution in [2.24, 2.45) is 5.41 Å². The Balaban J connectivity index is 1.66. The van der Waals surface area contributed by atoms with Crippen LogP contribution in [0.5, 0.6) is 5.75 Å². The summed E-state index contributed by atoms with van der Waals surface area (Å²) >= 11 is 0. The van der Waals surface area contributed by atoms with E-state index < -0.39 is 15.8 Å². The molecule has 0 unspecified atom stereocenters. The highest BCUT2D eigenvalue weighted by molar-refractivity contribution is 7.89. The number of phenols is 1. The summed E-state index contributed by atoms with van der Waals surface area (Å²) in [5.74, 6) is 0.629. The fraction of sp³-hybridized carbons (Fsp3) is 0.500. The Morgan fingerprint density at radius 3 is 2.50 bits per heavy atom. The summed E-state index contributed by atoms with van der Waals surface area (Å²) in [4.78, 5) is 12.3. The molecule has 0 amide bonds. The van der Waals surface area contributed by atoms with E-state index in [4.69, 9.17) is 9.05 Å². The van der Waals surface area contributed by atoms with Crippen LogP contribution >= 0.6 is 0 Å². The fourth-order valence-electron chi connectivity index (χ4n) is 4.19. The number of benzene rings is 1. The number of hydrogen-bond acceptors (Lipinski definition) is 8. The van der Waals surface area contributed by atoms with Crippen LogP contribution in [0.1, 0.15) is 70.7 Å². The summed E-state index contributed by atoms with van der Waals surface area (Å²) in [7, 11) is -3.87. The highest BCUT2D eigenvalue weighted by Gasteiger charge is 2.35. The second-order valence-electron chi connectivity index (χ2n) is 10.4. The smallest absolute Gasteiger partial charge is 0.371 e. The predicted molar refractivity (Wildman–Crippen MR) is 134 cm³/mol. The maximum absolute atomic E-state index is 13.0. The lowest BCUT2D eigenvalue weighted by molar-refractivity contribution is -0.701. The summed E-state index contributed by atoms with van der Waals surface area (Å²) in [5, 5.41) is 19.5.